The minimum absolute atomic E-state index is 0.641. The first kappa shape index (κ1) is 27.2. The number of nitrogens with zero attached hydrogens (tertiary/aromatic N) is 4. The number of aryl methyl sites for hydroxylation is 4. The Morgan fingerprint density at radius 2 is 0.773 bits per heavy atom. The summed E-state index contributed by atoms with van der Waals surface area (Å²) >= 11 is 0. The Kier molecular flexibility index (Phi) is 5.81. The van der Waals surface area contributed by atoms with Crippen LogP contribution in [0.1, 0.15) is 55.6 Å². The summed E-state index contributed by atoms with van der Waals surface area (Å²) in [6, 6.07) is 38.4. The molecule has 7 rings (SSSR count). The Balaban J connectivity index is 1.72. The van der Waals surface area contributed by atoms with Crippen molar-refractivity contribution in [3.63, 3.8) is 0 Å². The highest BCUT2D eigenvalue weighted by molar-refractivity contribution is 6.00. The minimum atomic E-state index is -1.59. The fourth-order valence-electron chi connectivity index (χ4n) is 7.75. The van der Waals surface area contributed by atoms with Crippen LogP contribution in [-0.2, 0) is 10.8 Å². The van der Waals surface area contributed by atoms with Gasteiger partial charge >= 0.3 is 0 Å². The smallest absolute Gasteiger partial charge is 0.176 e. The van der Waals surface area contributed by atoms with Crippen molar-refractivity contribution < 1.29 is 0 Å². The highest BCUT2D eigenvalue weighted by Crippen LogP contribution is 2.70. The normalized spacial score (nSPS) is 19.9. The largest absolute Gasteiger partial charge is 0.196 e. The zero-order valence-electron chi connectivity index (χ0n) is 25.0. The number of hydrogen-bond donors (Lipinski definition) is 0. The van der Waals surface area contributed by atoms with Crippen LogP contribution in [0, 0.1) is 84.9 Å². The molecule has 4 nitrogen and oxygen atoms in total. The lowest BCUT2D eigenvalue weighted by Crippen LogP contribution is -2.58. The summed E-state index contributed by atoms with van der Waals surface area (Å²) in [4.78, 5) is 0. The standard InChI is InChI=1S/C40H28N4/c1-23-5-11-27(12-6-23)33-29-15-9-25(3)17-31(29)39(19-41,20-42)37-35(33)36-34(28-13-7-24(2)8-14-28)30-16-10-26(4)18-32(30)40(21-43,22-44)38(36)37/h5-18,37-38H,1-4H3. The topological polar surface area (TPSA) is 95.2 Å². The van der Waals surface area contributed by atoms with Crippen molar-refractivity contribution in [1.29, 1.82) is 21.0 Å². The summed E-state index contributed by atoms with van der Waals surface area (Å²) in [6.07, 6.45) is 0. The van der Waals surface area contributed by atoms with Crippen molar-refractivity contribution in [2.75, 3.05) is 0 Å². The molecule has 0 saturated heterocycles. The molecule has 1 fully saturated rings. The molecule has 0 amide bonds. The molecule has 0 N–H and O–H groups in total. The van der Waals surface area contributed by atoms with E-state index in [1.54, 1.807) is 0 Å². The zero-order valence-corrected chi connectivity index (χ0v) is 25.0. The van der Waals surface area contributed by atoms with E-state index in [2.05, 4.69) is 72.8 Å². The number of hydrogen-bond acceptors (Lipinski definition) is 4. The van der Waals surface area contributed by atoms with Gasteiger partial charge in [0.1, 0.15) is 0 Å². The fraction of sp³-hybridized carbons (Fsp3) is 0.200. The quantitative estimate of drug-likeness (QED) is 0.246. The average Bonchev–Trinajstić information content (AvgIpc) is 3.03. The molecular formula is C40H28N4. The van der Waals surface area contributed by atoms with Crippen molar-refractivity contribution in [3.8, 4) is 24.3 Å². The van der Waals surface area contributed by atoms with Gasteiger partial charge in [-0.25, -0.2) is 0 Å². The molecule has 208 valence electrons. The van der Waals surface area contributed by atoms with Crippen LogP contribution in [-0.4, -0.2) is 0 Å². The highest BCUT2D eigenvalue weighted by atomic mass is 14.7. The second-order valence-corrected chi connectivity index (χ2v) is 12.4. The van der Waals surface area contributed by atoms with Crippen LogP contribution < -0.4 is 0 Å². The number of benzene rings is 4. The van der Waals surface area contributed by atoms with Gasteiger partial charge in [-0.3, -0.25) is 0 Å². The molecule has 0 spiro atoms. The predicted molar refractivity (Wildman–Crippen MR) is 170 cm³/mol. The van der Waals surface area contributed by atoms with E-state index in [-0.39, 0.29) is 0 Å². The second kappa shape index (κ2) is 9.41. The number of rotatable bonds is 2. The maximum atomic E-state index is 11.0. The summed E-state index contributed by atoms with van der Waals surface area (Å²) in [5, 5.41) is 43.9. The van der Waals surface area contributed by atoms with Gasteiger partial charge in [0.15, 0.2) is 10.8 Å². The SMILES string of the molecule is Cc1ccc(C2=C3C4=C(c5ccc(C)cc5)c5ccc(C)cc5C(C#N)(C#N)C4C3C(C#N)(C#N)c3cc(C)ccc32)cc1. The summed E-state index contributed by atoms with van der Waals surface area (Å²) in [5.74, 6) is -1.38. The third kappa shape index (κ3) is 3.35. The molecule has 4 heteroatoms. The third-order valence-corrected chi connectivity index (χ3v) is 9.84. The second-order valence-electron chi connectivity index (χ2n) is 12.4. The van der Waals surface area contributed by atoms with E-state index in [9.17, 15) is 21.0 Å². The molecule has 2 unspecified atom stereocenters. The van der Waals surface area contributed by atoms with Crippen LogP contribution in [0.3, 0.4) is 0 Å². The van der Waals surface area contributed by atoms with Gasteiger partial charge in [0.2, 0.25) is 0 Å². The molecule has 0 aliphatic heterocycles. The molecule has 1 saturated carbocycles. The van der Waals surface area contributed by atoms with Gasteiger partial charge in [-0.05, 0) is 83.4 Å². The molecule has 0 aromatic heterocycles. The molecule has 2 atom stereocenters. The van der Waals surface area contributed by atoms with E-state index < -0.39 is 22.7 Å². The Morgan fingerprint density at radius 1 is 0.455 bits per heavy atom. The minimum Gasteiger partial charge on any atom is -0.196 e. The molecule has 0 bridgehead atoms. The van der Waals surface area contributed by atoms with Gasteiger partial charge in [-0.2, -0.15) is 21.0 Å². The van der Waals surface area contributed by atoms with E-state index in [0.717, 1.165) is 66.8 Å². The first-order valence-corrected chi connectivity index (χ1v) is 14.8. The Hall–Kier alpha value is -5.68. The molecular weight excluding hydrogens is 536 g/mol. The lowest BCUT2D eigenvalue weighted by molar-refractivity contribution is 0.237. The van der Waals surface area contributed by atoms with Crippen molar-refractivity contribution in [1.82, 2.24) is 0 Å². The monoisotopic (exact) mass is 564 g/mol. The van der Waals surface area contributed by atoms with E-state index in [1.807, 2.05) is 64.1 Å². The van der Waals surface area contributed by atoms with Crippen molar-refractivity contribution in [2.24, 2.45) is 11.8 Å². The predicted octanol–water partition coefficient (Wildman–Crippen LogP) is 8.07. The van der Waals surface area contributed by atoms with Crippen LogP contribution in [0.4, 0.5) is 0 Å². The lowest BCUT2D eigenvalue weighted by Gasteiger charge is -2.58. The van der Waals surface area contributed by atoms with Gasteiger partial charge in [0, 0.05) is 11.8 Å². The molecule has 44 heavy (non-hydrogen) atoms. The van der Waals surface area contributed by atoms with Gasteiger partial charge in [0.05, 0.1) is 24.3 Å². The van der Waals surface area contributed by atoms with Gasteiger partial charge in [0.25, 0.3) is 0 Å². The van der Waals surface area contributed by atoms with Crippen molar-refractivity contribution >= 4 is 11.1 Å². The number of allylic oxidation sites excluding steroid dienone is 2. The Labute approximate surface area is 258 Å². The number of fused-ring (bicyclic) bond motifs is 6. The van der Waals surface area contributed by atoms with Gasteiger partial charge in [-0.1, -0.05) is 107 Å². The molecule has 4 aromatic carbocycles. The van der Waals surface area contributed by atoms with Crippen LogP contribution in [0.15, 0.2) is 96.1 Å². The zero-order chi connectivity index (χ0) is 31.0. The van der Waals surface area contributed by atoms with E-state index in [1.165, 1.54) is 0 Å². The van der Waals surface area contributed by atoms with E-state index in [4.69, 9.17) is 0 Å². The Bertz CT molecular complexity index is 1960. The highest BCUT2D eigenvalue weighted by Gasteiger charge is 2.68. The van der Waals surface area contributed by atoms with Crippen molar-refractivity contribution in [2.45, 2.75) is 38.5 Å². The van der Waals surface area contributed by atoms with Gasteiger partial charge < -0.3 is 0 Å². The Morgan fingerprint density at radius 3 is 1.09 bits per heavy atom. The summed E-state index contributed by atoms with van der Waals surface area (Å²) in [7, 11) is 0. The summed E-state index contributed by atoms with van der Waals surface area (Å²) < 4.78 is 0. The molecule has 4 aromatic rings. The molecule has 3 aliphatic carbocycles. The van der Waals surface area contributed by atoms with Crippen LogP contribution in [0.25, 0.3) is 11.1 Å². The van der Waals surface area contributed by atoms with E-state index >= 15 is 0 Å². The first-order valence-electron chi connectivity index (χ1n) is 14.8. The third-order valence-electron chi connectivity index (χ3n) is 9.84. The van der Waals surface area contributed by atoms with Crippen molar-refractivity contribution in [3.05, 3.63) is 152 Å². The van der Waals surface area contributed by atoms with Crippen LogP contribution >= 0.6 is 0 Å². The summed E-state index contributed by atoms with van der Waals surface area (Å²) in [6.45, 7) is 8.01. The lowest BCUT2D eigenvalue weighted by atomic mass is 9.40. The fourth-order valence-corrected chi connectivity index (χ4v) is 7.75. The maximum Gasteiger partial charge on any atom is 0.176 e. The molecule has 3 aliphatic rings. The average molecular weight is 565 g/mol. The van der Waals surface area contributed by atoms with E-state index in [0.29, 0.717) is 11.1 Å². The summed E-state index contributed by atoms with van der Waals surface area (Å²) in [5.41, 5.74) is 9.58. The van der Waals surface area contributed by atoms with Crippen LogP contribution in [0.5, 0.6) is 0 Å². The number of nitriles is 4. The first-order chi connectivity index (χ1) is 21.2. The van der Waals surface area contributed by atoms with Gasteiger partial charge in [-0.15, -0.1) is 0 Å². The molecule has 0 heterocycles. The maximum absolute atomic E-state index is 11.0. The van der Waals surface area contributed by atoms with Crippen LogP contribution in [0.2, 0.25) is 0 Å². The molecule has 0 radical (unpaired) electrons.